The van der Waals surface area contributed by atoms with Gasteiger partial charge in [-0.3, -0.25) is 4.79 Å². The van der Waals surface area contributed by atoms with Gasteiger partial charge in [-0.2, -0.15) is 0 Å². The van der Waals surface area contributed by atoms with Gasteiger partial charge in [0.1, 0.15) is 5.15 Å². The summed E-state index contributed by atoms with van der Waals surface area (Å²) >= 11 is 6.14. The van der Waals surface area contributed by atoms with Crippen molar-refractivity contribution >= 4 is 17.5 Å². The number of rotatable bonds is 7. The standard InChI is InChI=1S/C22H21ClN2O/c23-21-20(12-7-15-24-21)22(26)25(16-13-18-8-3-1-4-9-18)17-14-19-10-5-2-6-11-19/h1-12,15H,13-14,16-17H2. The maximum atomic E-state index is 13.0. The number of benzene rings is 2. The smallest absolute Gasteiger partial charge is 0.257 e. The molecule has 132 valence electrons. The van der Waals surface area contributed by atoms with E-state index in [1.165, 1.54) is 11.1 Å². The van der Waals surface area contributed by atoms with Crippen LogP contribution in [0.3, 0.4) is 0 Å². The topological polar surface area (TPSA) is 33.2 Å². The number of pyridine rings is 1. The fourth-order valence-corrected chi connectivity index (χ4v) is 3.05. The van der Waals surface area contributed by atoms with Crippen molar-refractivity contribution in [2.24, 2.45) is 0 Å². The Morgan fingerprint density at radius 3 is 1.85 bits per heavy atom. The van der Waals surface area contributed by atoms with Crippen molar-refractivity contribution in [1.82, 2.24) is 9.88 Å². The molecule has 2 aromatic carbocycles. The van der Waals surface area contributed by atoms with Crippen LogP contribution in [-0.2, 0) is 12.8 Å². The van der Waals surface area contributed by atoms with Gasteiger partial charge in [-0.1, -0.05) is 72.3 Å². The van der Waals surface area contributed by atoms with Gasteiger partial charge in [-0.05, 0) is 36.1 Å². The number of carbonyl (C=O) groups is 1. The molecule has 0 unspecified atom stereocenters. The predicted octanol–water partition coefficient (Wildman–Crippen LogP) is 4.66. The Labute approximate surface area is 159 Å². The number of halogens is 1. The molecule has 1 heterocycles. The molecule has 0 atom stereocenters. The van der Waals surface area contributed by atoms with E-state index in [1.807, 2.05) is 41.3 Å². The summed E-state index contributed by atoms with van der Waals surface area (Å²) in [6.07, 6.45) is 3.20. The number of hydrogen-bond acceptors (Lipinski definition) is 2. The molecular formula is C22H21ClN2O. The predicted molar refractivity (Wildman–Crippen MR) is 105 cm³/mol. The molecule has 1 aromatic heterocycles. The number of amides is 1. The molecular weight excluding hydrogens is 344 g/mol. The molecule has 0 radical (unpaired) electrons. The van der Waals surface area contributed by atoms with Crippen LogP contribution in [-0.4, -0.2) is 28.9 Å². The normalized spacial score (nSPS) is 10.5. The Morgan fingerprint density at radius 1 is 0.808 bits per heavy atom. The van der Waals surface area contributed by atoms with Gasteiger partial charge in [-0.25, -0.2) is 4.98 Å². The Balaban J connectivity index is 1.74. The first-order chi connectivity index (χ1) is 12.7. The van der Waals surface area contributed by atoms with Crippen LogP contribution in [0.25, 0.3) is 0 Å². The van der Waals surface area contributed by atoms with Crippen molar-refractivity contribution in [2.75, 3.05) is 13.1 Å². The molecule has 3 aromatic rings. The second-order valence-corrected chi connectivity index (χ2v) is 6.46. The molecule has 4 heteroatoms. The number of nitrogens with zero attached hydrogens (tertiary/aromatic N) is 2. The average molecular weight is 365 g/mol. The summed E-state index contributed by atoms with van der Waals surface area (Å²) in [6, 6.07) is 23.9. The van der Waals surface area contributed by atoms with Crippen molar-refractivity contribution < 1.29 is 4.79 Å². The minimum Gasteiger partial charge on any atom is -0.338 e. The average Bonchev–Trinajstić information content (AvgIpc) is 2.69. The van der Waals surface area contributed by atoms with E-state index in [0.717, 1.165) is 12.8 Å². The Hall–Kier alpha value is -2.65. The quantitative estimate of drug-likeness (QED) is 0.571. The summed E-state index contributed by atoms with van der Waals surface area (Å²) < 4.78 is 0. The maximum Gasteiger partial charge on any atom is 0.257 e. The molecule has 0 saturated heterocycles. The van der Waals surface area contributed by atoms with Gasteiger partial charge in [0.15, 0.2) is 0 Å². The first kappa shape index (κ1) is 18.2. The first-order valence-corrected chi connectivity index (χ1v) is 9.09. The summed E-state index contributed by atoms with van der Waals surface area (Å²) in [5.74, 6) is -0.0741. The zero-order valence-corrected chi connectivity index (χ0v) is 15.3. The molecule has 0 aliphatic rings. The largest absolute Gasteiger partial charge is 0.338 e. The van der Waals surface area contributed by atoms with Crippen molar-refractivity contribution in [1.29, 1.82) is 0 Å². The second-order valence-electron chi connectivity index (χ2n) is 6.11. The number of carbonyl (C=O) groups excluding carboxylic acids is 1. The second kappa shape index (κ2) is 9.16. The van der Waals surface area contributed by atoms with E-state index in [1.54, 1.807) is 18.3 Å². The van der Waals surface area contributed by atoms with E-state index in [2.05, 4.69) is 29.2 Å². The first-order valence-electron chi connectivity index (χ1n) is 8.71. The van der Waals surface area contributed by atoms with E-state index in [9.17, 15) is 4.79 Å². The SMILES string of the molecule is O=C(c1cccnc1Cl)N(CCc1ccccc1)CCc1ccccc1. The van der Waals surface area contributed by atoms with Crippen LogP contribution < -0.4 is 0 Å². The molecule has 26 heavy (non-hydrogen) atoms. The minimum atomic E-state index is -0.0741. The lowest BCUT2D eigenvalue weighted by molar-refractivity contribution is 0.0759. The van der Waals surface area contributed by atoms with Crippen molar-refractivity contribution in [3.05, 3.63) is 101 Å². The Morgan fingerprint density at radius 2 is 1.35 bits per heavy atom. The van der Waals surface area contributed by atoms with E-state index >= 15 is 0 Å². The lowest BCUT2D eigenvalue weighted by atomic mass is 10.1. The lowest BCUT2D eigenvalue weighted by Gasteiger charge is -2.23. The Kier molecular flexibility index (Phi) is 6.39. The third kappa shape index (κ3) is 4.93. The fourth-order valence-electron chi connectivity index (χ4n) is 2.85. The van der Waals surface area contributed by atoms with Crippen LogP contribution in [0.4, 0.5) is 0 Å². The van der Waals surface area contributed by atoms with Gasteiger partial charge in [0.05, 0.1) is 5.56 Å². The highest BCUT2D eigenvalue weighted by molar-refractivity contribution is 6.32. The van der Waals surface area contributed by atoms with Crippen LogP contribution in [0.1, 0.15) is 21.5 Å². The van der Waals surface area contributed by atoms with Gasteiger partial charge in [0, 0.05) is 19.3 Å². The third-order valence-electron chi connectivity index (χ3n) is 4.30. The van der Waals surface area contributed by atoms with Gasteiger partial charge in [0.25, 0.3) is 5.91 Å². The Bertz CT molecular complexity index is 794. The summed E-state index contributed by atoms with van der Waals surface area (Å²) in [5, 5.41) is 0.252. The molecule has 0 aliphatic carbocycles. The van der Waals surface area contributed by atoms with Crippen LogP contribution in [0.2, 0.25) is 5.15 Å². The van der Waals surface area contributed by atoms with Crippen LogP contribution in [0.5, 0.6) is 0 Å². The van der Waals surface area contributed by atoms with Gasteiger partial charge < -0.3 is 4.90 Å². The molecule has 1 amide bonds. The van der Waals surface area contributed by atoms with E-state index in [4.69, 9.17) is 11.6 Å². The van der Waals surface area contributed by atoms with Crippen molar-refractivity contribution in [3.63, 3.8) is 0 Å². The van der Waals surface area contributed by atoms with Gasteiger partial charge in [0.2, 0.25) is 0 Å². The van der Waals surface area contributed by atoms with Crippen molar-refractivity contribution in [3.8, 4) is 0 Å². The summed E-state index contributed by atoms with van der Waals surface area (Å²) in [4.78, 5) is 18.9. The highest BCUT2D eigenvalue weighted by Gasteiger charge is 2.18. The zero-order chi connectivity index (χ0) is 18.2. The maximum absolute atomic E-state index is 13.0. The van der Waals surface area contributed by atoms with Crippen LogP contribution in [0.15, 0.2) is 79.0 Å². The molecule has 3 rings (SSSR count). The minimum absolute atomic E-state index is 0.0741. The van der Waals surface area contributed by atoms with Gasteiger partial charge >= 0.3 is 0 Å². The number of hydrogen-bond donors (Lipinski definition) is 0. The number of aromatic nitrogens is 1. The fraction of sp³-hybridized carbons (Fsp3) is 0.182. The van der Waals surface area contributed by atoms with E-state index in [0.29, 0.717) is 18.7 Å². The summed E-state index contributed by atoms with van der Waals surface area (Å²) in [5.41, 5.74) is 2.87. The van der Waals surface area contributed by atoms with Crippen LogP contribution in [0, 0.1) is 0 Å². The van der Waals surface area contributed by atoms with Crippen LogP contribution >= 0.6 is 11.6 Å². The molecule has 0 aliphatic heterocycles. The third-order valence-corrected chi connectivity index (χ3v) is 4.60. The summed E-state index contributed by atoms with van der Waals surface area (Å²) in [7, 11) is 0. The lowest BCUT2D eigenvalue weighted by Crippen LogP contribution is -2.35. The monoisotopic (exact) mass is 364 g/mol. The molecule has 3 nitrogen and oxygen atoms in total. The van der Waals surface area contributed by atoms with Gasteiger partial charge in [-0.15, -0.1) is 0 Å². The van der Waals surface area contributed by atoms with Crippen molar-refractivity contribution in [2.45, 2.75) is 12.8 Å². The highest BCUT2D eigenvalue weighted by atomic mass is 35.5. The van der Waals surface area contributed by atoms with E-state index in [-0.39, 0.29) is 11.1 Å². The summed E-state index contributed by atoms with van der Waals surface area (Å²) in [6.45, 7) is 1.28. The molecule has 0 N–H and O–H groups in total. The van der Waals surface area contributed by atoms with E-state index < -0.39 is 0 Å². The molecule has 0 fully saturated rings. The molecule has 0 spiro atoms. The molecule has 0 saturated carbocycles. The zero-order valence-electron chi connectivity index (χ0n) is 14.5. The molecule has 0 bridgehead atoms. The highest BCUT2D eigenvalue weighted by Crippen LogP contribution is 2.15.